The van der Waals surface area contributed by atoms with Crippen molar-refractivity contribution >= 4 is 0 Å². The number of hydrogen-bond acceptors (Lipinski definition) is 3. The van der Waals surface area contributed by atoms with Gasteiger partial charge in [-0.2, -0.15) is 0 Å². The minimum Gasteiger partial charge on any atom is -0.396 e. The first-order chi connectivity index (χ1) is 6.31. The summed E-state index contributed by atoms with van der Waals surface area (Å²) in [4.78, 5) is 0. The summed E-state index contributed by atoms with van der Waals surface area (Å²) in [6.07, 6.45) is 3.75. The molecule has 1 atom stereocenters. The van der Waals surface area contributed by atoms with E-state index in [1.165, 1.54) is 6.42 Å². The highest BCUT2D eigenvalue weighted by atomic mass is 16.5. The first kappa shape index (κ1) is 12.9. The molecule has 0 saturated carbocycles. The number of rotatable bonds is 3. The fraction of sp³-hybridized carbons (Fsp3) is 1.00. The van der Waals surface area contributed by atoms with Gasteiger partial charge in [0.2, 0.25) is 0 Å². The van der Waals surface area contributed by atoms with Crippen molar-refractivity contribution in [1.29, 1.82) is 0 Å². The second-order valence-corrected chi connectivity index (χ2v) is 3.32. The minimum atomic E-state index is 0.355. The van der Waals surface area contributed by atoms with Crippen LogP contribution in [-0.4, -0.2) is 37.5 Å². The van der Waals surface area contributed by atoms with Crippen LogP contribution < -0.4 is 5.32 Å². The van der Waals surface area contributed by atoms with Crippen molar-refractivity contribution < 1.29 is 9.84 Å². The van der Waals surface area contributed by atoms with Crippen LogP contribution in [0.4, 0.5) is 0 Å². The average molecular weight is 189 g/mol. The Bertz CT molecular complexity index is 88.9. The van der Waals surface area contributed by atoms with Gasteiger partial charge in [0.15, 0.2) is 0 Å². The lowest BCUT2D eigenvalue weighted by molar-refractivity contribution is 0.0410. The second kappa shape index (κ2) is 9.96. The lowest BCUT2D eigenvalue weighted by Gasteiger charge is -2.18. The molecule has 3 heteroatoms. The molecule has 1 rings (SSSR count). The van der Waals surface area contributed by atoms with Gasteiger partial charge in [-0.1, -0.05) is 19.8 Å². The van der Waals surface area contributed by atoms with Crippen molar-refractivity contribution in [3.63, 3.8) is 0 Å². The molecule has 1 fully saturated rings. The van der Waals surface area contributed by atoms with Gasteiger partial charge in [-0.25, -0.2) is 0 Å². The minimum absolute atomic E-state index is 0.355. The maximum Gasteiger partial charge on any atom is 0.0672 e. The first-order valence-electron chi connectivity index (χ1n) is 5.24. The van der Waals surface area contributed by atoms with Crippen LogP contribution in [0.5, 0.6) is 0 Å². The van der Waals surface area contributed by atoms with Crippen molar-refractivity contribution in [3.05, 3.63) is 0 Å². The number of hydrogen-bond donors (Lipinski definition) is 2. The Kier molecular flexibility index (Phi) is 9.87. The molecule has 80 valence electrons. The third-order valence-electron chi connectivity index (χ3n) is 1.87. The zero-order valence-corrected chi connectivity index (χ0v) is 8.88. The van der Waals surface area contributed by atoms with E-state index in [0.29, 0.717) is 12.7 Å². The summed E-state index contributed by atoms with van der Waals surface area (Å²) < 4.78 is 5.22. The quantitative estimate of drug-likeness (QED) is 0.655. The summed E-state index contributed by atoms with van der Waals surface area (Å²) >= 11 is 0. The molecule has 0 aromatic carbocycles. The molecule has 0 aromatic rings. The monoisotopic (exact) mass is 189 g/mol. The molecule has 2 N–H and O–H groups in total. The highest BCUT2D eigenvalue weighted by Crippen LogP contribution is 1.91. The molecule has 0 bridgehead atoms. The molecule has 1 aliphatic heterocycles. The molecule has 1 heterocycles. The van der Waals surface area contributed by atoms with Crippen molar-refractivity contribution in [3.8, 4) is 0 Å². The van der Waals surface area contributed by atoms with E-state index in [1.807, 2.05) is 0 Å². The molecule has 0 radical (unpaired) electrons. The van der Waals surface area contributed by atoms with E-state index in [0.717, 1.165) is 32.5 Å². The Labute approximate surface area is 81.5 Å². The third kappa shape index (κ3) is 9.80. The van der Waals surface area contributed by atoms with Crippen LogP contribution in [0.2, 0.25) is 0 Å². The lowest BCUT2D eigenvalue weighted by Crippen LogP contribution is -2.36. The second-order valence-electron chi connectivity index (χ2n) is 3.32. The Balaban J connectivity index is 0.000000226. The van der Waals surface area contributed by atoms with Crippen LogP contribution in [0, 0.1) is 0 Å². The zero-order chi connectivity index (χ0) is 9.94. The number of aliphatic hydroxyl groups excluding tert-OH is 1. The van der Waals surface area contributed by atoms with Crippen molar-refractivity contribution in [2.45, 2.75) is 39.2 Å². The van der Waals surface area contributed by atoms with E-state index in [1.54, 1.807) is 0 Å². The van der Waals surface area contributed by atoms with E-state index < -0.39 is 0 Å². The third-order valence-corrected chi connectivity index (χ3v) is 1.87. The summed E-state index contributed by atoms with van der Waals surface area (Å²) in [7, 11) is 0. The summed E-state index contributed by atoms with van der Waals surface area (Å²) in [6, 6.07) is 0. The molecule has 1 saturated heterocycles. The molecule has 0 aromatic heterocycles. The van der Waals surface area contributed by atoms with Gasteiger partial charge >= 0.3 is 0 Å². The fourth-order valence-corrected chi connectivity index (χ4v) is 1.06. The number of morpholine rings is 1. The summed E-state index contributed by atoms with van der Waals surface area (Å²) in [5.41, 5.74) is 0. The topological polar surface area (TPSA) is 41.5 Å². The largest absolute Gasteiger partial charge is 0.396 e. The highest BCUT2D eigenvalue weighted by Gasteiger charge is 2.04. The van der Waals surface area contributed by atoms with E-state index in [9.17, 15) is 0 Å². The molecule has 3 nitrogen and oxygen atoms in total. The standard InChI is InChI=1S/C5H11NO.C5H12O/c1-5-4-6-2-3-7-5;1-2-3-4-5-6/h5-6H,2-4H2,1H3;6H,2-5H2,1H3. The van der Waals surface area contributed by atoms with Gasteiger partial charge in [-0.05, 0) is 13.3 Å². The summed E-state index contributed by atoms with van der Waals surface area (Å²) in [5.74, 6) is 0. The number of ether oxygens (including phenoxy) is 1. The fourth-order valence-electron chi connectivity index (χ4n) is 1.06. The van der Waals surface area contributed by atoms with Crippen molar-refractivity contribution in [2.75, 3.05) is 26.3 Å². The Morgan fingerprint density at radius 1 is 1.46 bits per heavy atom. The first-order valence-corrected chi connectivity index (χ1v) is 5.24. The maximum atomic E-state index is 8.20. The average Bonchev–Trinajstić information content (AvgIpc) is 2.17. The molecular formula is C10H23NO2. The molecule has 1 aliphatic rings. The SMILES string of the molecule is CC1CNCCO1.CCCCCO. The Morgan fingerprint density at radius 2 is 2.23 bits per heavy atom. The predicted octanol–water partition coefficient (Wildman–Crippen LogP) is 1.16. The summed E-state index contributed by atoms with van der Waals surface area (Å²) in [6.45, 7) is 7.46. The number of unbranched alkanes of at least 4 members (excludes halogenated alkanes) is 2. The van der Waals surface area contributed by atoms with Gasteiger partial charge in [-0.3, -0.25) is 0 Å². The van der Waals surface area contributed by atoms with Crippen LogP contribution in [0.15, 0.2) is 0 Å². The van der Waals surface area contributed by atoms with E-state index in [-0.39, 0.29) is 0 Å². The van der Waals surface area contributed by atoms with Crippen molar-refractivity contribution in [2.24, 2.45) is 0 Å². The maximum absolute atomic E-state index is 8.20. The summed E-state index contributed by atoms with van der Waals surface area (Å²) in [5, 5.41) is 11.4. The zero-order valence-electron chi connectivity index (χ0n) is 8.88. The molecular weight excluding hydrogens is 166 g/mol. The lowest BCUT2D eigenvalue weighted by atomic mass is 10.3. The number of aliphatic hydroxyl groups is 1. The normalized spacial score (nSPS) is 21.9. The van der Waals surface area contributed by atoms with E-state index >= 15 is 0 Å². The van der Waals surface area contributed by atoms with Gasteiger partial charge in [0, 0.05) is 19.7 Å². The van der Waals surface area contributed by atoms with Crippen LogP contribution in [0.3, 0.4) is 0 Å². The highest BCUT2D eigenvalue weighted by molar-refractivity contribution is 4.59. The molecule has 0 spiro atoms. The Hall–Kier alpha value is -0.120. The predicted molar refractivity (Wildman–Crippen MR) is 54.9 cm³/mol. The van der Waals surface area contributed by atoms with Crippen molar-refractivity contribution in [1.82, 2.24) is 5.32 Å². The Morgan fingerprint density at radius 3 is 2.46 bits per heavy atom. The van der Waals surface area contributed by atoms with Gasteiger partial charge < -0.3 is 15.2 Å². The molecule has 0 amide bonds. The molecule has 13 heavy (non-hydrogen) atoms. The van der Waals surface area contributed by atoms with Gasteiger partial charge in [-0.15, -0.1) is 0 Å². The van der Waals surface area contributed by atoms with Crippen LogP contribution in [0.1, 0.15) is 33.1 Å². The van der Waals surface area contributed by atoms with E-state index in [4.69, 9.17) is 9.84 Å². The van der Waals surface area contributed by atoms with Gasteiger partial charge in [0.05, 0.1) is 12.7 Å². The molecule has 0 aliphatic carbocycles. The number of nitrogens with one attached hydrogen (secondary N) is 1. The van der Waals surface area contributed by atoms with Crippen LogP contribution in [-0.2, 0) is 4.74 Å². The van der Waals surface area contributed by atoms with Gasteiger partial charge in [0.25, 0.3) is 0 Å². The molecule has 1 unspecified atom stereocenters. The van der Waals surface area contributed by atoms with E-state index in [2.05, 4.69) is 19.2 Å². The smallest absolute Gasteiger partial charge is 0.0672 e. The van der Waals surface area contributed by atoms with Gasteiger partial charge in [0.1, 0.15) is 0 Å². The van der Waals surface area contributed by atoms with Crippen LogP contribution >= 0.6 is 0 Å². The van der Waals surface area contributed by atoms with Crippen LogP contribution in [0.25, 0.3) is 0 Å².